The van der Waals surface area contributed by atoms with E-state index in [1.807, 2.05) is 30.8 Å². The average Bonchev–Trinajstić information content (AvgIpc) is 3.15. The van der Waals surface area contributed by atoms with Crippen LogP contribution in [0.15, 0.2) is 52.4 Å². The van der Waals surface area contributed by atoms with Crippen molar-refractivity contribution in [2.45, 2.75) is 13.3 Å². The van der Waals surface area contributed by atoms with Gasteiger partial charge in [0.25, 0.3) is 5.91 Å². The Bertz CT molecular complexity index is 685. The number of thiocarbonyl (C=S) groups is 1. The van der Waals surface area contributed by atoms with E-state index in [4.69, 9.17) is 12.2 Å². The summed E-state index contributed by atoms with van der Waals surface area (Å²) < 4.78 is 0.659. The first kappa shape index (κ1) is 17.6. The molecule has 0 spiro atoms. The van der Waals surface area contributed by atoms with Crippen molar-refractivity contribution in [1.29, 1.82) is 0 Å². The molecule has 1 aromatic carbocycles. The highest BCUT2D eigenvalue weighted by Crippen LogP contribution is 2.32. The lowest BCUT2D eigenvalue weighted by atomic mass is 10.1. The predicted molar refractivity (Wildman–Crippen MR) is 108 cm³/mol. The number of rotatable bonds is 5. The minimum absolute atomic E-state index is 0.0307. The highest BCUT2D eigenvalue weighted by Gasteiger charge is 2.30. The molecule has 0 atom stereocenters. The van der Waals surface area contributed by atoms with Crippen LogP contribution in [0.25, 0.3) is 0 Å². The second-order valence-electron chi connectivity index (χ2n) is 5.52. The van der Waals surface area contributed by atoms with Gasteiger partial charge in [-0.15, -0.1) is 11.8 Å². The Morgan fingerprint density at radius 1 is 1.25 bits per heavy atom. The average molecular weight is 377 g/mol. The van der Waals surface area contributed by atoms with Crippen molar-refractivity contribution >= 4 is 46.0 Å². The molecule has 1 amide bonds. The van der Waals surface area contributed by atoms with Crippen molar-refractivity contribution in [3.05, 3.63) is 58.0 Å². The number of likely N-dealkylation sites (N-methyl/N-ethyl adjacent to an activating group) is 1. The second-order valence-corrected chi connectivity index (χ2v) is 8.32. The summed E-state index contributed by atoms with van der Waals surface area (Å²) in [6.45, 7) is 4.65. The molecule has 126 valence electrons. The molecular weight excluding hydrogens is 356 g/mol. The molecule has 0 radical (unpaired) electrons. The molecule has 0 unspecified atom stereocenters. The molecule has 0 bridgehead atoms. The first-order valence-corrected chi connectivity index (χ1v) is 10.3. The Morgan fingerprint density at radius 3 is 2.75 bits per heavy atom. The molecule has 3 rings (SSSR count). The van der Waals surface area contributed by atoms with Gasteiger partial charge in [0.1, 0.15) is 4.32 Å². The van der Waals surface area contributed by atoms with Gasteiger partial charge in [-0.2, -0.15) is 0 Å². The third-order valence-electron chi connectivity index (χ3n) is 4.00. The Labute approximate surface area is 157 Å². The maximum Gasteiger partial charge on any atom is 0.266 e. The summed E-state index contributed by atoms with van der Waals surface area (Å²) in [4.78, 5) is 17.0. The lowest BCUT2D eigenvalue weighted by Crippen LogP contribution is -2.27. The van der Waals surface area contributed by atoms with E-state index >= 15 is 0 Å². The van der Waals surface area contributed by atoms with E-state index in [0.29, 0.717) is 10.9 Å². The van der Waals surface area contributed by atoms with Gasteiger partial charge >= 0.3 is 0 Å². The molecule has 0 saturated carbocycles. The van der Waals surface area contributed by atoms with Crippen LogP contribution in [0.2, 0.25) is 0 Å². The number of hydrogen-bond donors (Lipinski definition) is 0. The number of nitrogens with zero attached hydrogens (tertiary/aromatic N) is 2. The highest BCUT2D eigenvalue weighted by atomic mass is 32.2. The van der Waals surface area contributed by atoms with Gasteiger partial charge in [-0.05, 0) is 31.1 Å². The van der Waals surface area contributed by atoms with Gasteiger partial charge in [0.05, 0.1) is 9.93 Å². The van der Waals surface area contributed by atoms with Gasteiger partial charge in [0, 0.05) is 25.4 Å². The molecule has 2 heterocycles. The Kier molecular flexibility index (Phi) is 6.03. The van der Waals surface area contributed by atoms with Crippen molar-refractivity contribution in [3.63, 3.8) is 0 Å². The van der Waals surface area contributed by atoms with Crippen LogP contribution in [-0.4, -0.2) is 45.4 Å². The summed E-state index contributed by atoms with van der Waals surface area (Å²) in [7, 11) is 0. The summed E-state index contributed by atoms with van der Waals surface area (Å²) in [5.41, 5.74) is 1.36. The normalized spacial score (nSPS) is 21.5. The van der Waals surface area contributed by atoms with Crippen LogP contribution in [0.5, 0.6) is 0 Å². The van der Waals surface area contributed by atoms with Crippen LogP contribution in [0, 0.1) is 0 Å². The van der Waals surface area contributed by atoms with Gasteiger partial charge < -0.3 is 4.90 Å². The predicted octanol–water partition coefficient (Wildman–Crippen LogP) is 3.88. The first-order valence-electron chi connectivity index (χ1n) is 8.06. The Balaban J connectivity index is 1.65. The van der Waals surface area contributed by atoms with Crippen molar-refractivity contribution in [2.75, 3.05) is 25.4 Å². The number of allylic oxidation sites excluding steroid dienone is 2. The number of hydrogen-bond acceptors (Lipinski definition) is 5. The zero-order valence-electron chi connectivity index (χ0n) is 13.6. The molecule has 2 aliphatic heterocycles. The monoisotopic (exact) mass is 376 g/mol. The maximum absolute atomic E-state index is 12.2. The zero-order valence-corrected chi connectivity index (χ0v) is 16.1. The maximum atomic E-state index is 12.2. The van der Waals surface area contributed by atoms with E-state index in [0.717, 1.165) is 30.2 Å². The molecule has 2 aliphatic rings. The summed E-state index contributed by atoms with van der Waals surface area (Å²) in [5.74, 6) is 1.13. The minimum atomic E-state index is 0.0307. The fourth-order valence-corrected chi connectivity index (χ4v) is 5.06. The smallest absolute Gasteiger partial charge is 0.266 e. The van der Waals surface area contributed by atoms with E-state index in [1.165, 1.54) is 22.4 Å². The van der Waals surface area contributed by atoms with Gasteiger partial charge in [0.15, 0.2) is 0 Å². The summed E-state index contributed by atoms with van der Waals surface area (Å²) >= 11 is 8.50. The first-order chi connectivity index (χ1) is 11.7. The molecule has 24 heavy (non-hydrogen) atoms. The van der Waals surface area contributed by atoms with Gasteiger partial charge in [-0.25, -0.2) is 0 Å². The van der Waals surface area contributed by atoms with Gasteiger partial charge in [-0.1, -0.05) is 54.3 Å². The number of thioether (sulfide) groups is 2. The van der Waals surface area contributed by atoms with Crippen LogP contribution >= 0.6 is 35.7 Å². The van der Waals surface area contributed by atoms with E-state index in [2.05, 4.69) is 35.2 Å². The van der Waals surface area contributed by atoms with E-state index in [1.54, 1.807) is 4.90 Å². The van der Waals surface area contributed by atoms with E-state index in [-0.39, 0.29) is 5.91 Å². The fraction of sp³-hybridized carbons (Fsp3) is 0.333. The van der Waals surface area contributed by atoms with Crippen LogP contribution in [-0.2, 0) is 11.2 Å². The van der Waals surface area contributed by atoms with E-state index in [9.17, 15) is 4.79 Å². The number of carbonyl (C=O) groups excluding carboxylic acids is 1. The highest BCUT2D eigenvalue weighted by molar-refractivity contribution is 8.26. The lowest BCUT2D eigenvalue weighted by Gasteiger charge is -2.18. The van der Waals surface area contributed by atoms with Gasteiger partial charge in [-0.3, -0.25) is 9.69 Å². The third kappa shape index (κ3) is 4.05. The van der Waals surface area contributed by atoms with Crippen LogP contribution < -0.4 is 0 Å². The topological polar surface area (TPSA) is 23.6 Å². The lowest BCUT2D eigenvalue weighted by molar-refractivity contribution is -0.122. The van der Waals surface area contributed by atoms with E-state index < -0.39 is 0 Å². The molecule has 0 aliphatic carbocycles. The van der Waals surface area contributed by atoms with Crippen LogP contribution in [0.3, 0.4) is 0 Å². The Hall–Kier alpha value is -1.24. The standard InChI is InChI=1S/C18H20N2OS3/c1-2-20-17(21)15(24-18(20)22)8-9-16-19(12-13-23-16)11-10-14-6-4-3-5-7-14/h3-9H,2,10-13H2,1H3/b15-8+,16-9+. The second kappa shape index (κ2) is 8.23. The summed E-state index contributed by atoms with van der Waals surface area (Å²) in [6.07, 6.45) is 5.04. The third-order valence-corrected chi connectivity index (χ3v) is 6.48. The number of benzene rings is 1. The summed E-state index contributed by atoms with van der Waals surface area (Å²) in [6, 6.07) is 10.6. The van der Waals surface area contributed by atoms with Crippen molar-refractivity contribution in [2.24, 2.45) is 0 Å². The van der Waals surface area contributed by atoms with Crippen LogP contribution in [0.1, 0.15) is 12.5 Å². The molecule has 0 aromatic heterocycles. The molecule has 2 fully saturated rings. The van der Waals surface area contributed by atoms with Crippen LogP contribution in [0.4, 0.5) is 0 Å². The van der Waals surface area contributed by atoms with Crippen molar-refractivity contribution in [3.8, 4) is 0 Å². The molecule has 1 aromatic rings. The molecule has 0 N–H and O–H groups in total. The van der Waals surface area contributed by atoms with Crippen molar-refractivity contribution < 1.29 is 4.79 Å². The fourth-order valence-electron chi connectivity index (χ4n) is 2.68. The Morgan fingerprint density at radius 2 is 2.04 bits per heavy atom. The zero-order chi connectivity index (χ0) is 16.9. The molecule has 3 nitrogen and oxygen atoms in total. The molecular formula is C18H20N2OS3. The van der Waals surface area contributed by atoms with Crippen molar-refractivity contribution in [1.82, 2.24) is 9.80 Å². The largest absolute Gasteiger partial charge is 0.365 e. The molecule has 6 heteroatoms. The molecule has 2 saturated heterocycles. The number of carbonyl (C=O) groups is 1. The van der Waals surface area contributed by atoms with Gasteiger partial charge in [0.2, 0.25) is 0 Å². The number of amides is 1. The summed E-state index contributed by atoms with van der Waals surface area (Å²) in [5, 5.41) is 1.24. The quantitative estimate of drug-likeness (QED) is 0.573. The minimum Gasteiger partial charge on any atom is -0.365 e. The SMILES string of the molecule is CCN1C(=O)/C(=C\C=C2\SCCN2CCc2ccccc2)SC1=S.